The molecule has 0 aliphatic rings. The molecule has 2 aromatic rings. The molecule has 0 saturated carbocycles. The predicted molar refractivity (Wildman–Crippen MR) is 80.8 cm³/mol. The molecule has 0 unspecified atom stereocenters. The van der Waals surface area contributed by atoms with Gasteiger partial charge >= 0.3 is 0 Å². The first kappa shape index (κ1) is 13.1. The van der Waals surface area contributed by atoms with Gasteiger partial charge in [-0.05, 0) is 52.3 Å². The number of aromatic amines is 1. The maximum Gasteiger partial charge on any atom is 0.273 e. The molecule has 0 radical (unpaired) electrons. The molecular weight excluding hydrogens is 365 g/mol. The number of H-pyrrole nitrogens is 1. The van der Waals surface area contributed by atoms with Gasteiger partial charge in [0.15, 0.2) is 0 Å². The molecule has 5 nitrogen and oxygen atoms in total. The zero-order chi connectivity index (χ0) is 13.1. The molecule has 94 valence electrons. The molecule has 0 saturated heterocycles. The normalized spacial score (nSPS) is 10.1. The Morgan fingerprint density at radius 1 is 1.44 bits per heavy atom. The molecule has 2 rings (SSSR count). The Morgan fingerprint density at radius 3 is 2.89 bits per heavy atom. The zero-order valence-corrected chi connectivity index (χ0v) is 12.4. The largest absolute Gasteiger partial charge is 0.355 e. The first-order chi connectivity index (χ1) is 8.61. The molecule has 1 heterocycles. The van der Waals surface area contributed by atoms with Crippen molar-refractivity contribution in [3.8, 4) is 0 Å². The van der Waals surface area contributed by atoms with Gasteiger partial charge in [0, 0.05) is 16.3 Å². The molecule has 1 aromatic carbocycles. The number of carbonyl (C=O) groups excluding carboxylic acids is 1. The summed E-state index contributed by atoms with van der Waals surface area (Å²) in [4.78, 5) is 23.2. The third-order valence-corrected chi connectivity index (χ3v) is 3.71. The smallest absolute Gasteiger partial charge is 0.273 e. The van der Waals surface area contributed by atoms with Crippen LogP contribution < -0.4 is 16.2 Å². The van der Waals surface area contributed by atoms with Gasteiger partial charge in [-0.1, -0.05) is 6.07 Å². The second-order valence-electron chi connectivity index (χ2n) is 3.45. The highest BCUT2D eigenvalue weighted by Gasteiger charge is 2.17. The Bertz CT molecular complexity index is 635. The summed E-state index contributed by atoms with van der Waals surface area (Å²) in [6.45, 7) is 0. The summed E-state index contributed by atoms with van der Waals surface area (Å²) in [5.74, 6) is -0.398. The van der Waals surface area contributed by atoms with E-state index in [0.717, 1.165) is 20.8 Å². The molecule has 0 spiro atoms. The molecular formula is C11H10IN3O2S. The highest BCUT2D eigenvalue weighted by molar-refractivity contribution is 14.1. The van der Waals surface area contributed by atoms with Gasteiger partial charge in [-0.3, -0.25) is 14.0 Å². The molecule has 7 heteroatoms. The van der Waals surface area contributed by atoms with Crippen LogP contribution in [0.1, 0.15) is 10.4 Å². The van der Waals surface area contributed by atoms with Crippen LogP contribution in [0.4, 0.5) is 10.7 Å². The highest BCUT2D eigenvalue weighted by atomic mass is 127. The van der Waals surface area contributed by atoms with E-state index in [2.05, 4.69) is 37.6 Å². The van der Waals surface area contributed by atoms with E-state index in [9.17, 15) is 9.59 Å². The van der Waals surface area contributed by atoms with Crippen molar-refractivity contribution in [3.63, 3.8) is 0 Å². The van der Waals surface area contributed by atoms with Gasteiger partial charge in [0.2, 0.25) is 0 Å². The summed E-state index contributed by atoms with van der Waals surface area (Å²) in [6, 6.07) is 7.67. The number of hydrogen-bond donors (Lipinski definition) is 3. The summed E-state index contributed by atoms with van der Waals surface area (Å²) in [6.07, 6.45) is 0. The average Bonchev–Trinajstić information content (AvgIpc) is 2.70. The van der Waals surface area contributed by atoms with Crippen LogP contribution in [0.3, 0.4) is 0 Å². The van der Waals surface area contributed by atoms with E-state index in [1.807, 2.05) is 24.3 Å². The minimum atomic E-state index is -0.398. The van der Waals surface area contributed by atoms with E-state index < -0.39 is 5.91 Å². The number of benzene rings is 1. The molecule has 18 heavy (non-hydrogen) atoms. The third-order valence-electron chi connectivity index (χ3n) is 2.24. The number of rotatable bonds is 3. The predicted octanol–water partition coefficient (Wildman–Crippen LogP) is 2.14. The van der Waals surface area contributed by atoms with Gasteiger partial charge in [-0.2, -0.15) is 0 Å². The quantitative estimate of drug-likeness (QED) is 0.720. The summed E-state index contributed by atoms with van der Waals surface area (Å²) in [5, 5.41) is 6.04. The van der Waals surface area contributed by atoms with Crippen molar-refractivity contribution in [1.29, 1.82) is 0 Å². The average molecular weight is 375 g/mol. The van der Waals surface area contributed by atoms with Gasteiger partial charge in [-0.15, -0.1) is 0 Å². The van der Waals surface area contributed by atoms with Crippen LogP contribution in [-0.2, 0) is 0 Å². The number of amides is 1. The molecule has 0 bridgehead atoms. The summed E-state index contributed by atoms with van der Waals surface area (Å²) >= 11 is 3.31. The number of anilines is 2. The van der Waals surface area contributed by atoms with Crippen LogP contribution in [0.25, 0.3) is 0 Å². The Hall–Kier alpha value is -1.35. The minimum absolute atomic E-state index is 0.112. The molecule has 1 aromatic heterocycles. The highest BCUT2D eigenvalue weighted by Crippen LogP contribution is 2.23. The van der Waals surface area contributed by atoms with Crippen LogP contribution in [0.2, 0.25) is 0 Å². The van der Waals surface area contributed by atoms with E-state index in [0.29, 0.717) is 5.00 Å². The summed E-state index contributed by atoms with van der Waals surface area (Å²) in [7, 11) is 1.49. The standard InChI is InChI=1S/C11H10IN3O2S/c1-13-9(16)8-10(17)15-18-11(8)14-7-4-2-3-6(12)5-7/h2-5,14H,1H3,(H,13,16)(H,15,17). The van der Waals surface area contributed by atoms with Gasteiger partial charge in [0.1, 0.15) is 10.6 Å². The minimum Gasteiger partial charge on any atom is -0.355 e. The monoisotopic (exact) mass is 375 g/mol. The van der Waals surface area contributed by atoms with Crippen molar-refractivity contribution >= 4 is 50.7 Å². The second kappa shape index (κ2) is 5.53. The SMILES string of the molecule is CNC(=O)c1c(Nc2cccc(I)c2)s[nH]c1=O. The van der Waals surface area contributed by atoms with Crippen molar-refractivity contribution < 1.29 is 4.79 Å². The maximum absolute atomic E-state index is 11.6. The van der Waals surface area contributed by atoms with Crippen molar-refractivity contribution in [2.45, 2.75) is 0 Å². The molecule has 1 amide bonds. The summed E-state index contributed by atoms with van der Waals surface area (Å²) < 4.78 is 3.62. The van der Waals surface area contributed by atoms with Gasteiger partial charge in [0.25, 0.3) is 11.5 Å². The van der Waals surface area contributed by atoms with Crippen LogP contribution in [-0.4, -0.2) is 17.3 Å². The molecule has 0 fully saturated rings. The lowest BCUT2D eigenvalue weighted by Crippen LogP contribution is -2.24. The molecule has 0 aliphatic carbocycles. The molecule has 3 N–H and O–H groups in total. The number of hydrogen-bond acceptors (Lipinski definition) is 4. The maximum atomic E-state index is 11.6. The first-order valence-electron chi connectivity index (χ1n) is 5.08. The van der Waals surface area contributed by atoms with Crippen LogP contribution in [0.15, 0.2) is 29.1 Å². The molecule has 0 aliphatic heterocycles. The lowest BCUT2D eigenvalue weighted by Gasteiger charge is -2.05. The summed E-state index contributed by atoms with van der Waals surface area (Å²) in [5.41, 5.74) is 0.566. The van der Waals surface area contributed by atoms with Gasteiger partial charge in [0.05, 0.1) is 0 Å². The van der Waals surface area contributed by atoms with Gasteiger partial charge in [-0.25, -0.2) is 0 Å². The fourth-order valence-corrected chi connectivity index (χ4v) is 2.72. The van der Waals surface area contributed by atoms with Crippen LogP contribution >= 0.6 is 34.1 Å². The van der Waals surface area contributed by atoms with Gasteiger partial charge < -0.3 is 10.6 Å². The van der Waals surface area contributed by atoms with E-state index in [4.69, 9.17) is 0 Å². The first-order valence-corrected chi connectivity index (χ1v) is 6.97. The van der Waals surface area contributed by atoms with E-state index in [-0.39, 0.29) is 11.1 Å². The second-order valence-corrected chi connectivity index (χ2v) is 5.51. The van der Waals surface area contributed by atoms with Crippen LogP contribution in [0, 0.1) is 3.57 Å². The van der Waals surface area contributed by atoms with Crippen LogP contribution in [0.5, 0.6) is 0 Å². The van der Waals surface area contributed by atoms with Crippen molar-refractivity contribution in [3.05, 3.63) is 43.8 Å². The zero-order valence-electron chi connectivity index (χ0n) is 9.41. The number of carbonyl (C=O) groups is 1. The lowest BCUT2D eigenvalue weighted by molar-refractivity contribution is 0.0963. The topological polar surface area (TPSA) is 74.0 Å². The Labute approximate surface area is 121 Å². The van der Waals surface area contributed by atoms with E-state index in [1.54, 1.807) is 0 Å². The van der Waals surface area contributed by atoms with Crippen molar-refractivity contribution in [2.75, 3.05) is 12.4 Å². The Morgan fingerprint density at radius 2 is 2.22 bits per heavy atom. The van der Waals surface area contributed by atoms with E-state index >= 15 is 0 Å². The number of nitrogens with one attached hydrogen (secondary N) is 3. The Kier molecular flexibility index (Phi) is 4.02. The number of aromatic nitrogens is 1. The number of halogens is 1. The fourth-order valence-electron chi connectivity index (χ4n) is 1.42. The van der Waals surface area contributed by atoms with E-state index in [1.165, 1.54) is 7.05 Å². The molecule has 0 atom stereocenters. The van der Waals surface area contributed by atoms with Crippen molar-refractivity contribution in [1.82, 2.24) is 9.69 Å². The third kappa shape index (κ3) is 2.72. The van der Waals surface area contributed by atoms with Crippen molar-refractivity contribution in [2.24, 2.45) is 0 Å². The Balaban J connectivity index is 2.35. The fraction of sp³-hybridized carbons (Fsp3) is 0.0909. The lowest BCUT2D eigenvalue weighted by atomic mass is 10.3.